The van der Waals surface area contributed by atoms with Crippen molar-refractivity contribution in [1.29, 1.82) is 0 Å². The van der Waals surface area contributed by atoms with Crippen molar-refractivity contribution in [3.05, 3.63) is 76.6 Å². The second-order valence-electron chi connectivity index (χ2n) is 8.06. The summed E-state index contributed by atoms with van der Waals surface area (Å²) in [5, 5.41) is 4.00. The van der Waals surface area contributed by atoms with Gasteiger partial charge in [-0.1, -0.05) is 35.3 Å². The first-order valence-electron chi connectivity index (χ1n) is 10.9. The van der Waals surface area contributed by atoms with Crippen LogP contribution in [0.1, 0.15) is 31.0 Å². The second kappa shape index (κ2) is 9.41. The minimum Gasteiger partial charge on any atom is -0.441 e. The lowest BCUT2D eigenvalue weighted by Gasteiger charge is -2.11. The van der Waals surface area contributed by atoms with Gasteiger partial charge in [-0.3, -0.25) is 4.79 Å². The van der Waals surface area contributed by atoms with Gasteiger partial charge >= 0.3 is 0 Å². The highest BCUT2D eigenvalue weighted by atomic mass is 35.5. The molecule has 0 aliphatic carbocycles. The van der Waals surface area contributed by atoms with E-state index in [0.29, 0.717) is 33.7 Å². The van der Waals surface area contributed by atoms with Crippen LogP contribution < -0.4 is 5.32 Å². The quantitative estimate of drug-likeness (QED) is 0.345. The SMILES string of the molecule is O=C(CCc1ncc(-c2ccc(Cl)cc2Cl)o1)Nc1cccc(-c2cn3c(n2)CCCC3)c1. The number of hydrogen-bond donors (Lipinski definition) is 1. The number of carbonyl (C=O) groups excluding carboxylic acids is 1. The Labute approximate surface area is 201 Å². The number of imidazole rings is 1. The fourth-order valence-corrected chi connectivity index (χ4v) is 4.49. The van der Waals surface area contributed by atoms with E-state index in [1.54, 1.807) is 24.4 Å². The van der Waals surface area contributed by atoms with Crippen molar-refractivity contribution >= 4 is 34.8 Å². The molecular weight excluding hydrogens is 459 g/mol. The lowest BCUT2D eigenvalue weighted by molar-refractivity contribution is -0.116. The number of amides is 1. The third-order valence-corrected chi connectivity index (χ3v) is 6.21. The average molecular weight is 481 g/mol. The maximum absolute atomic E-state index is 12.5. The molecule has 0 bridgehead atoms. The van der Waals surface area contributed by atoms with Gasteiger partial charge in [0.05, 0.1) is 16.9 Å². The molecule has 0 fully saturated rings. The van der Waals surface area contributed by atoms with E-state index in [1.807, 2.05) is 24.3 Å². The predicted molar refractivity (Wildman–Crippen MR) is 130 cm³/mol. The van der Waals surface area contributed by atoms with Crippen molar-refractivity contribution in [2.24, 2.45) is 0 Å². The summed E-state index contributed by atoms with van der Waals surface area (Å²) >= 11 is 12.2. The standard InChI is InChI=1S/C25H22Cl2N4O2/c26-17-7-8-19(20(27)13-17)22-14-28-25(33-22)10-9-24(32)29-18-5-3-4-16(12-18)21-15-31-11-2-1-6-23(31)30-21/h3-5,7-8,12-15H,1-2,6,9-11H2,(H,29,32). The minimum absolute atomic E-state index is 0.111. The number of anilines is 1. The first-order chi connectivity index (χ1) is 16.0. The van der Waals surface area contributed by atoms with Crippen LogP contribution >= 0.6 is 23.2 Å². The highest BCUT2D eigenvalue weighted by Crippen LogP contribution is 2.31. The molecule has 2 aromatic carbocycles. The molecule has 0 spiro atoms. The average Bonchev–Trinajstić information content (AvgIpc) is 3.45. The van der Waals surface area contributed by atoms with Crippen LogP contribution in [-0.4, -0.2) is 20.4 Å². The normalized spacial score (nSPS) is 13.0. The van der Waals surface area contributed by atoms with E-state index in [4.69, 9.17) is 32.6 Å². The molecule has 1 N–H and O–H groups in total. The van der Waals surface area contributed by atoms with E-state index in [1.165, 1.54) is 12.8 Å². The molecule has 1 amide bonds. The Bertz CT molecular complexity index is 1290. The highest BCUT2D eigenvalue weighted by Gasteiger charge is 2.15. The Morgan fingerprint density at radius 1 is 1.15 bits per heavy atom. The van der Waals surface area contributed by atoms with Crippen LogP contribution in [0, 0.1) is 0 Å². The minimum atomic E-state index is -0.111. The number of rotatable bonds is 6. The molecule has 6 nitrogen and oxygen atoms in total. The molecule has 0 saturated carbocycles. The first-order valence-corrected chi connectivity index (χ1v) is 11.7. The fraction of sp³-hybridized carbons (Fsp3) is 0.240. The number of aromatic nitrogens is 3. The van der Waals surface area contributed by atoms with Crippen molar-refractivity contribution in [1.82, 2.24) is 14.5 Å². The van der Waals surface area contributed by atoms with Crippen molar-refractivity contribution in [2.75, 3.05) is 5.32 Å². The van der Waals surface area contributed by atoms with Gasteiger partial charge in [0.1, 0.15) is 5.82 Å². The molecule has 5 rings (SSSR count). The lowest BCUT2D eigenvalue weighted by atomic mass is 10.1. The molecule has 168 valence electrons. The molecule has 0 atom stereocenters. The van der Waals surface area contributed by atoms with Gasteiger partial charge in [0.15, 0.2) is 11.7 Å². The third kappa shape index (κ3) is 4.97. The van der Waals surface area contributed by atoms with E-state index in [9.17, 15) is 4.79 Å². The van der Waals surface area contributed by atoms with Crippen molar-refractivity contribution < 1.29 is 9.21 Å². The predicted octanol–water partition coefficient (Wildman–Crippen LogP) is 6.42. The Hall–Kier alpha value is -3.09. The molecule has 0 radical (unpaired) electrons. The summed E-state index contributed by atoms with van der Waals surface area (Å²) in [5.41, 5.74) is 3.38. The van der Waals surface area contributed by atoms with Crippen molar-refractivity contribution in [2.45, 2.75) is 38.6 Å². The summed E-state index contributed by atoms with van der Waals surface area (Å²) in [4.78, 5) is 21.6. The van der Waals surface area contributed by atoms with Gasteiger partial charge in [0.2, 0.25) is 5.91 Å². The van der Waals surface area contributed by atoms with Gasteiger partial charge in [-0.05, 0) is 43.2 Å². The molecule has 3 heterocycles. The van der Waals surface area contributed by atoms with E-state index in [2.05, 4.69) is 21.1 Å². The van der Waals surface area contributed by atoms with Crippen LogP contribution in [0.3, 0.4) is 0 Å². The van der Waals surface area contributed by atoms with Crippen LogP contribution in [0.15, 0.2) is 59.3 Å². The van der Waals surface area contributed by atoms with Crippen LogP contribution in [0.4, 0.5) is 5.69 Å². The molecule has 4 aromatic rings. The van der Waals surface area contributed by atoms with Crippen molar-refractivity contribution in [3.63, 3.8) is 0 Å². The number of carbonyl (C=O) groups is 1. The smallest absolute Gasteiger partial charge is 0.224 e. The molecule has 1 aliphatic rings. The summed E-state index contributed by atoms with van der Waals surface area (Å²) in [5.74, 6) is 2.04. The Morgan fingerprint density at radius 3 is 2.91 bits per heavy atom. The monoisotopic (exact) mass is 480 g/mol. The largest absolute Gasteiger partial charge is 0.441 e. The zero-order chi connectivity index (χ0) is 22.8. The lowest BCUT2D eigenvalue weighted by Crippen LogP contribution is -2.12. The number of halogens is 2. The Morgan fingerprint density at radius 2 is 2.06 bits per heavy atom. The number of nitrogens with zero attached hydrogens (tertiary/aromatic N) is 3. The maximum atomic E-state index is 12.5. The van der Waals surface area contributed by atoms with Crippen LogP contribution in [-0.2, 0) is 24.2 Å². The number of aryl methyl sites for hydroxylation is 3. The third-order valence-electron chi connectivity index (χ3n) is 5.67. The van der Waals surface area contributed by atoms with Gasteiger partial charge in [-0.15, -0.1) is 0 Å². The number of hydrogen-bond acceptors (Lipinski definition) is 4. The summed E-state index contributed by atoms with van der Waals surface area (Å²) < 4.78 is 8.01. The van der Waals surface area contributed by atoms with E-state index < -0.39 is 0 Å². The maximum Gasteiger partial charge on any atom is 0.224 e. The number of oxazole rings is 1. The van der Waals surface area contributed by atoms with Gasteiger partial charge < -0.3 is 14.3 Å². The molecular formula is C25H22Cl2N4O2. The van der Waals surface area contributed by atoms with E-state index in [-0.39, 0.29) is 12.3 Å². The Balaban J connectivity index is 1.21. The van der Waals surface area contributed by atoms with Crippen LogP contribution in [0.5, 0.6) is 0 Å². The molecule has 33 heavy (non-hydrogen) atoms. The molecule has 0 saturated heterocycles. The topological polar surface area (TPSA) is 73.0 Å². The highest BCUT2D eigenvalue weighted by molar-refractivity contribution is 6.36. The molecule has 0 unspecified atom stereocenters. The van der Waals surface area contributed by atoms with Gasteiger partial charge in [-0.2, -0.15) is 0 Å². The number of nitrogens with one attached hydrogen (secondary N) is 1. The number of benzene rings is 2. The van der Waals surface area contributed by atoms with E-state index in [0.717, 1.165) is 35.7 Å². The van der Waals surface area contributed by atoms with E-state index >= 15 is 0 Å². The molecule has 1 aliphatic heterocycles. The van der Waals surface area contributed by atoms with Gasteiger partial charge in [-0.25, -0.2) is 9.97 Å². The first kappa shape index (κ1) is 21.7. The molecule has 8 heteroatoms. The zero-order valence-corrected chi connectivity index (χ0v) is 19.4. The molecule has 2 aromatic heterocycles. The summed E-state index contributed by atoms with van der Waals surface area (Å²) in [6, 6.07) is 13.0. The van der Waals surface area contributed by atoms with Gasteiger partial charge in [0.25, 0.3) is 0 Å². The summed E-state index contributed by atoms with van der Waals surface area (Å²) in [6.07, 6.45) is 7.73. The Kier molecular flexibility index (Phi) is 6.20. The zero-order valence-electron chi connectivity index (χ0n) is 17.9. The van der Waals surface area contributed by atoms with Crippen LogP contribution in [0.25, 0.3) is 22.6 Å². The second-order valence-corrected chi connectivity index (χ2v) is 8.91. The summed E-state index contributed by atoms with van der Waals surface area (Å²) in [7, 11) is 0. The van der Waals surface area contributed by atoms with Gasteiger partial charge in [0, 0.05) is 53.8 Å². The van der Waals surface area contributed by atoms with Crippen molar-refractivity contribution in [3.8, 4) is 22.6 Å². The van der Waals surface area contributed by atoms with Crippen LogP contribution in [0.2, 0.25) is 10.0 Å². The summed E-state index contributed by atoms with van der Waals surface area (Å²) in [6.45, 7) is 1.02. The number of fused-ring (bicyclic) bond motifs is 1. The fourth-order valence-electron chi connectivity index (χ4n) is 3.99.